The van der Waals surface area contributed by atoms with Crippen molar-refractivity contribution in [2.45, 2.75) is 38.4 Å². The maximum Gasteiger partial charge on any atom is 0.191 e. The highest BCUT2D eigenvalue weighted by atomic mass is 15.4. The first-order chi connectivity index (χ1) is 11.7. The smallest absolute Gasteiger partial charge is 0.191 e. The molecule has 1 atom stereocenters. The fourth-order valence-corrected chi connectivity index (χ4v) is 3.44. The Kier molecular flexibility index (Phi) is 4.41. The first-order valence-corrected chi connectivity index (χ1v) is 9.05. The molecule has 4 fully saturated rings. The Labute approximate surface area is 143 Å². The van der Waals surface area contributed by atoms with Crippen molar-refractivity contribution in [3.05, 3.63) is 11.6 Å². The minimum atomic E-state index is 0.555. The molecule has 0 amide bonds. The number of aromatic nitrogens is 3. The van der Waals surface area contributed by atoms with E-state index in [1.54, 1.807) is 0 Å². The maximum atomic E-state index is 4.73. The Hall–Kier alpha value is -1.67. The molecule has 1 aromatic rings. The topological polar surface area (TPSA) is 73.6 Å². The van der Waals surface area contributed by atoms with Gasteiger partial charge >= 0.3 is 0 Å². The van der Waals surface area contributed by atoms with Crippen LogP contribution in [0.1, 0.15) is 24.5 Å². The van der Waals surface area contributed by atoms with Gasteiger partial charge in [-0.3, -0.25) is 9.80 Å². The molecule has 3 aliphatic heterocycles. The predicted molar refractivity (Wildman–Crippen MR) is 92.8 cm³/mol. The van der Waals surface area contributed by atoms with Crippen molar-refractivity contribution in [1.82, 2.24) is 35.2 Å². The molecule has 1 aliphatic carbocycles. The molecule has 1 unspecified atom stereocenters. The third kappa shape index (κ3) is 3.54. The average Bonchev–Trinajstić information content (AvgIpc) is 3.38. The number of nitrogens with one attached hydrogen (secondary N) is 2. The molecule has 0 radical (unpaired) electrons. The lowest BCUT2D eigenvalue weighted by Crippen LogP contribution is -2.63. The van der Waals surface area contributed by atoms with Crippen molar-refractivity contribution in [2.24, 2.45) is 12.0 Å². The number of fused-ring (bicyclic) bond motifs is 3. The molecule has 8 heteroatoms. The van der Waals surface area contributed by atoms with Crippen LogP contribution < -0.4 is 10.6 Å². The summed E-state index contributed by atoms with van der Waals surface area (Å²) in [6, 6.07) is 1.18. The van der Waals surface area contributed by atoms with E-state index in [1.807, 2.05) is 18.5 Å². The minimum absolute atomic E-state index is 0.555. The van der Waals surface area contributed by atoms with Crippen LogP contribution in [0.25, 0.3) is 0 Å². The molecule has 1 saturated carbocycles. The Morgan fingerprint density at radius 2 is 2.00 bits per heavy atom. The van der Waals surface area contributed by atoms with E-state index in [0.29, 0.717) is 18.6 Å². The Bertz CT molecular complexity index is 597. The molecule has 1 aromatic heterocycles. The maximum absolute atomic E-state index is 4.73. The average molecular weight is 332 g/mol. The molecule has 132 valence electrons. The summed E-state index contributed by atoms with van der Waals surface area (Å²) < 4.78 is 2.00. The monoisotopic (exact) mass is 332 g/mol. The highest BCUT2D eigenvalue weighted by molar-refractivity contribution is 5.80. The van der Waals surface area contributed by atoms with Crippen LogP contribution in [0, 0.1) is 6.92 Å². The molecule has 0 spiro atoms. The largest absolute Gasteiger partial charge is 0.355 e. The number of hydrogen-bond donors (Lipinski definition) is 2. The summed E-state index contributed by atoms with van der Waals surface area (Å²) in [7, 11) is 1.99. The van der Waals surface area contributed by atoms with E-state index >= 15 is 0 Å². The second-order valence-electron chi connectivity index (χ2n) is 7.18. The molecule has 0 aromatic carbocycles. The van der Waals surface area contributed by atoms with E-state index in [4.69, 9.17) is 4.99 Å². The fourth-order valence-electron chi connectivity index (χ4n) is 3.44. The van der Waals surface area contributed by atoms with E-state index in [-0.39, 0.29) is 0 Å². The van der Waals surface area contributed by atoms with Crippen molar-refractivity contribution in [2.75, 3.05) is 39.3 Å². The van der Waals surface area contributed by atoms with Gasteiger partial charge in [0.15, 0.2) is 11.8 Å². The molecule has 4 heterocycles. The summed E-state index contributed by atoms with van der Waals surface area (Å²) in [4.78, 5) is 9.91. The third-order valence-corrected chi connectivity index (χ3v) is 5.38. The van der Waals surface area contributed by atoms with Gasteiger partial charge in [0, 0.05) is 58.4 Å². The SMILES string of the molecule is Cc1nnc(CN=C(NCC2CN3CCN2CC3)NC2CC2)n1C. The zero-order chi connectivity index (χ0) is 16.5. The van der Waals surface area contributed by atoms with E-state index < -0.39 is 0 Å². The van der Waals surface area contributed by atoms with Gasteiger partial charge in [-0.2, -0.15) is 0 Å². The summed E-state index contributed by atoms with van der Waals surface area (Å²) >= 11 is 0. The molecule has 4 aliphatic rings. The lowest BCUT2D eigenvalue weighted by molar-refractivity contribution is 0.0154. The van der Waals surface area contributed by atoms with Crippen molar-refractivity contribution < 1.29 is 0 Å². The first kappa shape index (κ1) is 15.8. The van der Waals surface area contributed by atoms with Crippen molar-refractivity contribution >= 4 is 5.96 Å². The molecule has 3 saturated heterocycles. The summed E-state index contributed by atoms with van der Waals surface area (Å²) in [5.74, 6) is 2.73. The van der Waals surface area contributed by atoms with Gasteiger partial charge in [0.1, 0.15) is 12.4 Å². The normalized spacial score (nSPS) is 29.8. The molecular weight excluding hydrogens is 304 g/mol. The van der Waals surface area contributed by atoms with Gasteiger partial charge in [-0.05, 0) is 19.8 Å². The molecule has 5 rings (SSSR count). The third-order valence-electron chi connectivity index (χ3n) is 5.38. The zero-order valence-electron chi connectivity index (χ0n) is 14.7. The number of hydrogen-bond acceptors (Lipinski definition) is 5. The Morgan fingerprint density at radius 3 is 2.58 bits per heavy atom. The van der Waals surface area contributed by atoms with Gasteiger partial charge in [-0.15, -0.1) is 10.2 Å². The van der Waals surface area contributed by atoms with Crippen molar-refractivity contribution in [3.63, 3.8) is 0 Å². The fraction of sp³-hybridized carbons (Fsp3) is 0.812. The highest BCUT2D eigenvalue weighted by Gasteiger charge is 2.32. The first-order valence-electron chi connectivity index (χ1n) is 9.05. The zero-order valence-corrected chi connectivity index (χ0v) is 14.7. The number of aryl methyl sites for hydroxylation is 1. The molecule has 24 heavy (non-hydrogen) atoms. The van der Waals surface area contributed by atoms with E-state index in [0.717, 1.165) is 24.2 Å². The summed E-state index contributed by atoms with van der Waals surface area (Å²) in [6.45, 7) is 9.50. The summed E-state index contributed by atoms with van der Waals surface area (Å²) in [6.07, 6.45) is 2.49. The second kappa shape index (κ2) is 6.68. The van der Waals surface area contributed by atoms with E-state index in [2.05, 4.69) is 30.6 Å². The van der Waals surface area contributed by atoms with Crippen molar-refractivity contribution in [3.8, 4) is 0 Å². The van der Waals surface area contributed by atoms with Crippen LogP contribution in [0.4, 0.5) is 0 Å². The van der Waals surface area contributed by atoms with Crippen LogP contribution in [-0.4, -0.2) is 81.9 Å². The van der Waals surface area contributed by atoms with Gasteiger partial charge < -0.3 is 15.2 Å². The molecule has 2 N–H and O–H groups in total. The Balaban J connectivity index is 1.36. The number of nitrogens with zero attached hydrogens (tertiary/aromatic N) is 6. The van der Waals surface area contributed by atoms with Crippen LogP contribution in [-0.2, 0) is 13.6 Å². The summed E-state index contributed by atoms with van der Waals surface area (Å²) in [5.41, 5.74) is 0. The predicted octanol–water partition coefficient (Wildman–Crippen LogP) is -0.679. The Morgan fingerprint density at radius 1 is 1.21 bits per heavy atom. The van der Waals surface area contributed by atoms with Crippen LogP contribution in [0.5, 0.6) is 0 Å². The number of rotatable bonds is 5. The van der Waals surface area contributed by atoms with Gasteiger partial charge in [-0.25, -0.2) is 4.99 Å². The van der Waals surface area contributed by atoms with Gasteiger partial charge in [0.25, 0.3) is 0 Å². The van der Waals surface area contributed by atoms with E-state index in [1.165, 1.54) is 45.6 Å². The lowest BCUT2D eigenvalue weighted by Gasteiger charge is -2.47. The van der Waals surface area contributed by atoms with Crippen LogP contribution in [0.2, 0.25) is 0 Å². The van der Waals surface area contributed by atoms with Gasteiger partial charge in [0.05, 0.1) is 0 Å². The van der Waals surface area contributed by atoms with Crippen LogP contribution in [0.3, 0.4) is 0 Å². The van der Waals surface area contributed by atoms with Gasteiger partial charge in [-0.1, -0.05) is 0 Å². The molecule has 8 nitrogen and oxygen atoms in total. The molecular formula is C16H28N8. The van der Waals surface area contributed by atoms with Crippen molar-refractivity contribution in [1.29, 1.82) is 0 Å². The van der Waals surface area contributed by atoms with E-state index in [9.17, 15) is 0 Å². The quantitative estimate of drug-likeness (QED) is 0.550. The number of piperazine rings is 3. The standard InChI is InChI=1S/C16H28N8/c1-12-20-21-15(22(12)2)10-18-16(19-13-3-4-13)17-9-14-11-23-5-7-24(14)8-6-23/h13-14H,3-11H2,1-2H3,(H2,17,18,19). The second-order valence-corrected chi connectivity index (χ2v) is 7.18. The van der Waals surface area contributed by atoms with Gasteiger partial charge in [0.2, 0.25) is 0 Å². The molecule has 2 bridgehead atoms. The summed E-state index contributed by atoms with van der Waals surface area (Å²) in [5, 5.41) is 15.4. The number of guanidine groups is 1. The minimum Gasteiger partial charge on any atom is -0.355 e. The highest BCUT2D eigenvalue weighted by Crippen LogP contribution is 2.18. The number of aliphatic imine (C=N–C) groups is 1. The lowest BCUT2D eigenvalue weighted by atomic mass is 10.1. The van der Waals surface area contributed by atoms with Crippen LogP contribution >= 0.6 is 0 Å². The van der Waals surface area contributed by atoms with Crippen LogP contribution in [0.15, 0.2) is 4.99 Å².